The van der Waals surface area contributed by atoms with Gasteiger partial charge in [0.1, 0.15) is 5.15 Å². The van der Waals surface area contributed by atoms with Crippen molar-refractivity contribution < 1.29 is 0 Å². The van der Waals surface area contributed by atoms with E-state index in [1.165, 1.54) is 4.90 Å². The quantitative estimate of drug-likeness (QED) is 0.196. The largest absolute Gasteiger partial charge is 0.357 e. The van der Waals surface area contributed by atoms with Crippen LogP contribution in [-0.2, 0) is 6.54 Å². The van der Waals surface area contributed by atoms with E-state index >= 15 is 0 Å². The lowest BCUT2D eigenvalue weighted by molar-refractivity contribution is 0.794. The van der Waals surface area contributed by atoms with Gasteiger partial charge >= 0.3 is 0 Å². The third kappa shape index (κ3) is 8.78. The zero-order chi connectivity index (χ0) is 17.2. The normalized spacial score (nSPS) is 12.2. The van der Waals surface area contributed by atoms with Crippen molar-refractivity contribution in [2.45, 2.75) is 30.5 Å². The van der Waals surface area contributed by atoms with Gasteiger partial charge in [0.05, 0.1) is 6.54 Å². The molecule has 0 saturated heterocycles. The molecule has 1 heterocycles. The fraction of sp³-hybridized carbons (Fsp3) is 0.333. The lowest BCUT2D eigenvalue weighted by Crippen LogP contribution is -2.40. The number of nitrogens with one attached hydrogen (secondary N) is 2. The van der Waals surface area contributed by atoms with Crippen molar-refractivity contribution in [2.24, 2.45) is 4.99 Å². The predicted molar refractivity (Wildman–Crippen MR) is 119 cm³/mol. The average Bonchev–Trinajstić information content (AvgIpc) is 2.59. The van der Waals surface area contributed by atoms with E-state index in [2.05, 4.69) is 58.7 Å². The lowest BCUT2D eigenvalue weighted by Gasteiger charge is -2.15. The molecule has 7 heteroatoms. The first kappa shape index (κ1) is 22.1. The van der Waals surface area contributed by atoms with Crippen LogP contribution in [0.3, 0.4) is 0 Å². The van der Waals surface area contributed by atoms with Crippen LogP contribution in [0, 0.1) is 0 Å². The second-order valence-corrected chi connectivity index (χ2v) is 7.21. The molecule has 1 aromatic heterocycles. The van der Waals surface area contributed by atoms with E-state index in [-0.39, 0.29) is 24.0 Å². The lowest BCUT2D eigenvalue weighted by atomic mass is 10.3. The van der Waals surface area contributed by atoms with Crippen LogP contribution in [0.5, 0.6) is 0 Å². The van der Waals surface area contributed by atoms with E-state index in [1.54, 1.807) is 12.3 Å². The Morgan fingerprint density at radius 3 is 2.60 bits per heavy atom. The summed E-state index contributed by atoms with van der Waals surface area (Å²) in [5, 5.41) is 7.60. The minimum absolute atomic E-state index is 0. The van der Waals surface area contributed by atoms with Crippen LogP contribution >= 0.6 is 47.3 Å². The molecule has 136 valence electrons. The van der Waals surface area contributed by atoms with Gasteiger partial charge in [-0.15, -0.1) is 35.7 Å². The van der Waals surface area contributed by atoms with Crippen molar-refractivity contribution in [1.82, 2.24) is 15.6 Å². The molecule has 2 rings (SSSR count). The van der Waals surface area contributed by atoms with Crippen LogP contribution in [0.2, 0.25) is 5.15 Å². The number of thioether (sulfide) groups is 1. The Balaban J connectivity index is 0.00000312. The first-order valence-corrected chi connectivity index (χ1v) is 9.27. The molecule has 0 aliphatic heterocycles. The maximum atomic E-state index is 5.80. The number of nitrogens with zero attached hydrogens (tertiary/aromatic N) is 2. The number of guanidine groups is 1. The second-order valence-electron chi connectivity index (χ2n) is 5.31. The highest BCUT2D eigenvalue weighted by molar-refractivity contribution is 14.0. The van der Waals surface area contributed by atoms with Gasteiger partial charge < -0.3 is 10.6 Å². The topological polar surface area (TPSA) is 49.3 Å². The maximum absolute atomic E-state index is 5.80. The van der Waals surface area contributed by atoms with Gasteiger partial charge in [0.25, 0.3) is 0 Å². The van der Waals surface area contributed by atoms with Gasteiger partial charge in [-0.3, -0.25) is 0 Å². The molecule has 0 spiro atoms. The molecule has 25 heavy (non-hydrogen) atoms. The Morgan fingerprint density at radius 1 is 1.20 bits per heavy atom. The second kappa shape index (κ2) is 12.4. The van der Waals surface area contributed by atoms with Gasteiger partial charge in [-0.25, -0.2) is 9.98 Å². The first-order valence-electron chi connectivity index (χ1n) is 8.01. The number of pyridine rings is 1. The molecule has 2 N–H and O–H groups in total. The summed E-state index contributed by atoms with van der Waals surface area (Å²) in [7, 11) is 0. The maximum Gasteiger partial charge on any atom is 0.191 e. The number of halogens is 2. The number of benzene rings is 1. The van der Waals surface area contributed by atoms with Gasteiger partial charge in [0, 0.05) is 29.4 Å². The Bertz CT molecular complexity index is 637. The highest BCUT2D eigenvalue weighted by Crippen LogP contribution is 2.21. The summed E-state index contributed by atoms with van der Waals surface area (Å²) in [6.45, 7) is 6.50. The SMILES string of the molecule is CCNC(=NCc1ccc(Cl)nc1)NCC(C)Sc1ccccc1.I. The molecule has 4 nitrogen and oxygen atoms in total. The van der Waals surface area contributed by atoms with E-state index in [4.69, 9.17) is 11.6 Å². The van der Waals surface area contributed by atoms with Crippen molar-refractivity contribution in [2.75, 3.05) is 13.1 Å². The molecular weight excluding hydrogens is 467 g/mol. The zero-order valence-electron chi connectivity index (χ0n) is 14.4. The van der Waals surface area contributed by atoms with Gasteiger partial charge in [-0.1, -0.05) is 42.8 Å². The van der Waals surface area contributed by atoms with Crippen LogP contribution in [0.4, 0.5) is 0 Å². The van der Waals surface area contributed by atoms with Gasteiger partial charge in [-0.2, -0.15) is 0 Å². The van der Waals surface area contributed by atoms with Crippen LogP contribution < -0.4 is 10.6 Å². The number of hydrogen-bond acceptors (Lipinski definition) is 3. The van der Waals surface area contributed by atoms with Gasteiger partial charge in [-0.05, 0) is 30.7 Å². The fourth-order valence-electron chi connectivity index (χ4n) is 2.03. The van der Waals surface area contributed by atoms with Crippen molar-refractivity contribution >= 4 is 53.3 Å². The summed E-state index contributed by atoms with van der Waals surface area (Å²) in [4.78, 5) is 9.95. The molecule has 0 amide bonds. The van der Waals surface area contributed by atoms with Crippen LogP contribution in [-0.4, -0.2) is 29.3 Å². The highest BCUT2D eigenvalue weighted by atomic mass is 127. The Labute approximate surface area is 176 Å². The van der Waals surface area contributed by atoms with Crippen LogP contribution in [0.1, 0.15) is 19.4 Å². The van der Waals surface area contributed by atoms with E-state index in [9.17, 15) is 0 Å². The van der Waals surface area contributed by atoms with Crippen LogP contribution in [0.25, 0.3) is 0 Å². The fourth-order valence-corrected chi connectivity index (χ4v) is 3.08. The Morgan fingerprint density at radius 2 is 1.96 bits per heavy atom. The number of aliphatic imine (C=N–C) groups is 1. The average molecular weight is 491 g/mol. The summed E-state index contributed by atoms with van der Waals surface area (Å²) in [6.07, 6.45) is 1.75. The number of aromatic nitrogens is 1. The molecule has 0 aliphatic rings. The molecule has 0 saturated carbocycles. The third-order valence-electron chi connectivity index (χ3n) is 3.19. The smallest absolute Gasteiger partial charge is 0.191 e. The molecule has 1 unspecified atom stereocenters. The summed E-state index contributed by atoms with van der Waals surface area (Å²) in [5.41, 5.74) is 1.03. The Hall–Kier alpha value is -0.990. The molecule has 0 fully saturated rings. The zero-order valence-corrected chi connectivity index (χ0v) is 18.3. The number of rotatable bonds is 7. The highest BCUT2D eigenvalue weighted by Gasteiger charge is 2.06. The first-order chi connectivity index (χ1) is 11.7. The van der Waals surface area contributed by atoms with E-state index < -0.39 is 0 Å². The minimum Gasteiger partial charge on any atom is -0.357 e. The molecule has 0 radical (unpaired) electrons. The van der Waals surface area contributed by atoms with E-state index in [1.807, 2.05) is 23.9 Å². The molecule has 0 bridgehead atoms. The summed E-state index contributed by atoms with van der Waals surface area (Å²) in [6, 6.07) is 14.2. The van der Waals surface area contributed by atoms with Gasteiger partial charge in [0.2, 0.25) is 0 Å². The third-order valence-corrected chi connectivity index (χ3v) is 4.53. The summed E-state index contributed by atoms with van der Waals surface area (Å²) in [5.74, 6) is 0.813. The standard InChI is InChI=1S/C18H23ClN4S.HI/c1-3-20-18(23-13-15-9-10-17(19)21-12-15)22-11-14(2)24-16-7-5-4-6-8-16;/h4-10,12,14H,3,11,13H2,1-2H3,(H2,20,22,23);1H. The minimum atomic E-state index is 0. The van der Waals surface area contributed by atoms with Crippen molar-refractivity contribution in [3.8, 4) is 0 Å². The number of hydrogen-bond donors (Lipinski definition) is 2. The monoisotopic (exact) mass is 490 g/mol. The van der Waals surface area contributed by atoms with Crippen LogP contribution in [0.15, 0.2) is 58.5 Å². The molecule has 0 aliphatic carbocycles. The molecular formula is C18H24ClIN4S. The van der Waals surface area contributed by atoms with E-state index in [0.29, 0.717) is 16.9 Å². The summed E-state index contributed by atoms with van der Waals surface area (Å²) >= 11 is 7.65. The van der Waals surface area contributed by atoms with E-state index in [0.717, 1.165) is 24.6 Å². The molecule has 2 aromatic rings. The molecule has 1 aromatic carbocycles. The van der Waals surface area contributed by atoms with Crippen molar-refractivity contribution in [3.63, 3.8) is 0 Å². The predicted octanol–water partition coefficient (Wildman–Crippen LogP) is 4.59. The summed E-state index contributed by atoms with van der Waals surface area (Å²) < 4.78 is 0. The molecule has 1 atom stereocenters. The van der Waals surface area contributed by atoms with Crippen molar-refractivity contribution in [1.29, 1.82) is 0 Å². The Kier molecular flexibility index (Phi) is 10.9. The van der Waals surface area contributed by atoms with Crippen molar-refractivity contribution in [3.05, 3.63) is 59.4 Å². The van der Waals surface area contributed by atoms with Gasteiger partial charge in [0.15, 0.2) is 5.96 Å².